The summed E-state index contributed by atoms with van der Waals surface area (Å²) >= 11 is 0. The number of carbonyl (C=O) groups is 2. The lowest BCUT2D eigenvalue weighted by Crippen LogP contribution is -2.03. The van der Waals surface area contributed by atoms with Crippen LogP contribution in [0.1, 0.15) is 15.9 Å². The number of methoxy groups -OCH3 is 1. The van der Waals surface area contributed by atoms with Crippen LogP contribution < -0.4 is 5.32 Å². The molecule has 0 radical (unpaired) electrons. The molecule has 0 aliphatic heterocycles. The van der Waals surface area contributed by atoms with Crippen LogP contribution in [0.25, 0.3) is 0 Å². The van der Waals surface area contributed by atoms with Gasteiger partial charge in [0.05, 0.1) is 12.7 Å². The second-order valence-electron chi connectivity index (χ2n) is 2.78. The van der Waals surface area contributed by atoms with Crippen LogP contribution in [0.3, 0.4) is 0 Å². The van der Waals surface area contributed by atoms with Gasteiger partial charge in [-0.3, -0.25) is 4.79 Å². The number of nitrogens with one attached hydrogen (secondary N) is 1. The molecule has 0 fully saturated rings. The number of carbonyl (C=O) groups excluding carboxylic acids is 2. The van der Waals surface area contributed by atoms with Gasteiger partial charge in [-0.1, -0.05) is 6.07 Å². The van der Waals surface area contributed by atoms with Crippen LogP contribution in [0.5, 0.6) is 0 Å². The molecule has 0 spiro atoms. The van der Waals surface area contributed by atoms with Gasteiger partial charge >= 0.3 is 5.97 Å². The smallest absolute Gasteiger partial charge is 0.337 e. The van der Waals surface area contributed by atoms with E-state index in [1.165, 1.54) is 7.11 Å². The van der Waals surface area contributed by atoms with Crippen LogP contribution in [-0.4, -0.2) is 19.5 Å². The molecule has 1 aromatic rings. The monoisotopic (exact) mass is 193 g/mol. The largest absolute Gasteiger partial charge is 0.465 e. The van der Waals surface area contributed by atoms with E-state index in [4.69, 9.17) is 0 Å². The van der Waals surface area contributed by atoms with E-state index < -0.39 is 5.97 Å². The van der Waals surface area contributed by atoms with Crippen LogP contribution >= 0.6 is 0 Å². The highest BCUT2D eigenvalue weighted by Crippen LogP contribution is 2.16. The van der Waals surface area contributed by atoms with Gasteiger partial charge in [0.2, 0.25) is 6.41 Å². The summed E-state index contributed by atoms with van der Waals surface area (Å²) in [5.74, 6) is -0.418. The van der Waals surface area contributed by atoms with Crippen molar-refractivity contribution in [2.75, 3.05) is 12.4 Å². The van der Waals surface area contributed by atoms with Crippen LogP contribution in [0, 0.1) is 6.92 Å². The Morgan fingerprint density at radius 3 is 2.79 bits per heavy atom. The van der Waals surface area contributed by atoms with Gasteiger partial charge < -0.3 is 10.1 Å². The molecule has 0 unspecified atom stereocenters. The van der Waals surface area contributed by atoms with Crippen LogP contribution in [-0.2, 0) is 9.53 Å². The fourth-order valence-corrected chi connectivity index (χ4v) is 1.09. The first-order chi connectivity index (χ1) is 6.69. The van der Waals surface area contributed by atoms with Crippen molar-refractivity contribution in [2.45, 2.75) is 6.92 Å². The van der Waals surface area contributed by atoms with E-state index in [0.29, 0.717) is 17.7 Å². The summed E-state index contributed by atoms with van der Waals surface area (Å²) < 4.78 is 4.55. The fraction of sp³-hybridized carbons (Fsp3) is 0.200. The number of rotatable bonds is 3. The van der Waals surface area contributed by atoms with Crippen molar-refractivity contribution in [3.05, 3.63) is 29.3 Å². The van der Waals surface area contributed by atoms with Crippen molar-refractivity contribution >= 4 is 18.1 Å². The molecular weight excluding hydrogens is 182 g/mol. The van der Waals surface area contributed by atoms with E-state index in [1.54, 1.807) is 18.2 Å². The number of anilines is 1. The molecule has 1 rings (SSSR count). The quantitative estimate of drug-likeness (QED) is 0.582. The van der Waals surface area contributed by atoms with Gasteiger partial charge in [0, 0.05) is 5.69 Å². The number of hydrogen-bond donors (Lipinski definition) is 1. The van der Waals surface area contributed by atoms with Crippen molar-refractivity contribution in [2.24, 2.45) is 0 Å². The van der Waals surface area contributed by atoms with Crippen molar-refractivity contribution in [1.82, 2.24) is 0 Å². The van der Waals surface area contributed by atoms with Crippen LogP contribution in [0.2, 0.25) is 0 Å². The first-order valence-corrected chi connectivity index (χ1v) is 4.08. The number of aryl methyl sites for hydroxylation is 1. The molecule has 0 aliphatic carbocycles. The number of benzene rings is 1. The summed E-state index contributed by atoms with van der Waals surface area (Å²) in [5.41, 5.74) is 1.93. The zero-order chi connectivity index (χ0) is 10.6. The molecule has 1 amide bonds. The van der Waals surface area contributed by atoms with Gasteiger partial charge in [-0.05, 0) is 24.6 Å². The van der Waals surface area contributed by atoms with Gasteiger partial charge in [0.1, 0.15) is 0 Å². The Bertz CT molecular complexity index is 360. The standard InChI is InChI=1S/C10H11NO3/c1-7-3-4-8(10(13)14-2)5-9(7)11-6-12/h3-6H,1-2H3,(H,11,12). The zero-order valence-electron chi connectivity index (χ0n) is 8.03. The number of hydrogen-bond acceptors (Lipinski definition) is 3. The minimum atomic E-state index is -0.418. The van der Waals surface area contributed by atoms with Crippen molar-refractivity contribution in [3.8, 4) is 0 Å². The molecular formula is C10H11NO3. The first kappa shape index (κ1) is 10.2. The Kier molecular flexibility index (Phi) is 3.23. The number of amides is 1. The molecule has 0 saturated carbocycles. The second kappa shape index (κ2) is 4.41. The maximum Gasteiger partial charge on any atom is 0.337 e. The number of ether oxygens (including phenoxy) is 1. The van der Waals surface area contributed by atoms with E-state index >= 15 is 0 Å². The molecule has 0 heterocycles. The molecule has 1 aromatic carbocycles. The summed E-state index contributed by atoms with van der Waals surface area (Å²) in [6.45, 7) is 1.84. The summed E-state index contributed by atoms with van der Waals surface area (Å²) in [4.78, 5) is 21.4. The van der Waals surface area contributed by atoms with E-state index in [0.717, 1.165) is 5.56 Å². The molecule has 4 nitrogen and oxygen atoms in total. The van der Waals surface area contributed by atoms with E-state index in [-0.39, 0.29) is 0 Å². The molecule has 0 bridgehead atoms. The topological polar surface area (TPSA) is 55.4 Å². The minimum absolute atomic E-state index is 0.418. The first-order valence-electron chi connectivity index (χ1n) is 4.08. The Hall–Kier alpha value is -1.84. The highest BCUT2D eigenvalue weighted by molar-refractivity contribution is 5.91. The molecule has 0 atom stereocenters. The highest BCUT2D eigenvalue weighted by atomic mass is 16.5. The van der Waals surface area contributed by atoms with Crippen molar-refractivity contribution in [1.29, 1.82) is 0 Å². The van der Waals surface area contributed by atoms with E-state index in [2.05, 4.69) is 10.1 Å². The third kappa shape index (κ3) is 2.10. The van der Waals surface area contributed by atoms with E-state index in [9.17, 15) is 9.59 Å². The zero-order valence-corrected chi connectivity index (χ0v) is 8.03. The van der Waals surface area contributed by atoms with Crippen molar-refractivity contribution in [3.63, 3.8) is 0 Å². The predicted octanol–water partition coefficient (Wildman–Crippen LogP) is 1.35. The second-order valence-corrected chi connectivity index (χ2v) is 2.78. The fourth-order valence-electron chi connectivity index (χ4n) is 1.09. The molecule has 14 heavy (non-hydrogen) atoms. The molecule has 1 N–H and O–H groups in total. The summed E-state index contributed by atoms with van der Waals surface area (Å²) in [6, 6.07) is 4.98. The lowest BCUT2D eigenvalue weighted by molar-refractivity contribution is -0.105. The van der Waals surface area contributed by atoms with Gasteiger partial charge in [-0.25, -0.2) is 4.79 Å². The predicted molar refractivity (Wildman–Crippen MR) is 52.2 cm³/mol. The molecule has 4 heteroatoms. The summed E-state index contributed by atoms with van der Waals surface area (Å²) in [6.07, 6.45) is 0.573. The van der Waals surface area contributed by atoms with Crippen LogP contribution in [0.15, 0.2) is 18.2 Å². The summed E-state index contributed by atoms with van der Waals surface area (Å²) in [7, 11) is 1.31. The normalized spacial score (nSPS) is 9.29. The van der Waals surface area contributed by atoms with Gasteiger partial charge in [0.15, 0.2) is 0 Å². The van der Waals surface area contributed by atoms with E-state index in [1.807, 2.05) is 6.92 Å². The molecule has 74 valence electrons. The SMILES string of the molecule is COC(=O)c1ccc(C)c(NC=O)c1. The summed E-state index contributed by atoms with van der Waals surface area (Å²) in [5, 5.41) is 2.51. The molecule has 0 aromatic heterocycles. The Morgan fingerprint density at radius 2 is 2.21 bits per heavy atom. The average molecular weight is 193 g/mol. The Morgan fingerprint density at radius 1 is 1.50 bits per heavy atom. The Balaban J connectivity index is 3.05. The molecule has 0 aliphatic rings. The third-order valence-electron chi connectivity index (χ3n) is 1.87. The lowest BCUT2D eigenvalue weighted by Gasteiger charge is -2.05. The van der Waals surface area contributed by atoms with Gasteiger partial charge in [-0.15, -0.1) is 0 Å². The average Bonchev–Trinajstić information content (AvgIpc) is 2.20. The van der Waals surface area contributed by atoms with Gasteiger partial charge in [0.25, 0.3) is 0 Å². The maximum atomic E-state index is 11.1. The third-order valence-corrected chi connectivity index (χ3v) is 1.87. The lowest BCUT2D eigenvalue weighted by atomic mass is 10.1. The minimum Gasteiger partial charge on any atom is -0.465 e. The Labute approximate surface area is 81.9 Å². The highest BCUT2D eigenvalue weighted by Gasteiger charge is 2.06. The number of esters is 1. The molecule has 0 saturated heterocycles. The van der Waals surface area contributed by atoms with Crippen LogP contribution in [0.4, 0.5) is 5.69 Å². The van der Waals surface area contributed by atoms with Gasteiger partial charge in [-0.2, -0.15) is 0 Å². The van der Waals surface area contributed by atoms with Crippen molar-refractivity contribution < 1.29 is 14.3 Å². The maximum absolute atomic E-state index is 11.1.